The third-order valence-electron chi connectivity index (χ3n) is 4.95. The minimum Gasteiger partial charge on any atom is -0.357 e. The average Bonchev–Trinajstić information content (AvgIpc) is 3.09. The fraction of sp³-hybridized carbons (Fsp3) is 0.421. The molecular weight excluding hydrogens is 380 g/mol. The Balaban J connectivity index is 1.67. The minimum absolute atomic E-state index is 0.168. The van der Waals surface area contributed by atoms with E-state index < -0.39 is 10.0 Å². The van der Waals surface area contributed by atoms with Gasteiger partial charge < -0.3 is 10.6 Å². The van der Waals surface area contributed by atoms with E-state index in [1.165, 1.54) is 30.9 Å². The number of rotatable bonds is 7. The van der Waals surface area contributed by atoms with Gasteiger partial charge in [-0.25, -0.2) is 18.5 Å². The first-order chi connectivity index (χ1) is 12.9. The van der Waals surface area contributed by atoms with Gasteiger partial charge in [-0.1, -0.05) is 36.8 Å². The molecule has 146 valence electrons. The smallest absolute Gasteiger partial charge is 0.247 e. The van der Waals surface area contributed by atoms with Crippen molar-refractivity contribution in [3.8, 4) is 0 Å². The summed E-state index contributed by atoms with van der Waals surface area (Å²) < 4.78 is 23.0. The highest BCUT2D eigenvalue weighted by Gasteiger charge is 2.38. The fourth-order valence-corrected chi connectivity index (χ4v) is 5.01. The Kier molecular flexibility index (Phi) is 6.18. The number of hydrogen-bond donors (Lipinski definition) is 3. The second kappa shape index (κ2) is 8.41. The van der Waals surface area contributed by atoms with Crippen LogP contribution in [-0.2, 0) is 22.0 Å². The van der Waals surface area contributed by atoms with Gasteiger partial charge in [-0.3, -0.25) is 0 Å². The van der Waals surface area contributed by atoms with Gasteiger partial charge in [-0.2, -0.15) is 0 Å². The second-order valence-electron chi connectivity index (χ2n) is 6.81. The van der Waals surface area contributed by atoms with Gasteiger partial charge in [0.25, 0.3) is 0 Å². The summed E-state index contributed by atoms with van der Waals surface area (Å²) >= 11 is 1.16. The van der Waals surface area contributed by atoms with Gasteiger partial charge >= 0.3 is 0 Å². The van der Waals surface area contributed by atoms with E-state index in [2.05, 4.69) is 39.9 Å². The lowest BCUT2D eigenvalue weighted by atomic mass is 9.64. The Morgan fingerprint density at radius 1 is 1.19 bits per heavy atom. The fourth-order valence-electron chi connectivity index (χ4n) is 3.31. The van der Waals surface area contributed by atoms with Crippen LogP contribution in [0.5, 0.6) is 0 Å². The zero-order valence-electron chi connectivity index (χ0n) is 15.4. The number of nitrogens with one attached hydrogen (secondary N) is 2. The quantitative estimate of drug-likeness (QED) is 0.486. The van der Waals surface area contributed by atoms with Gasteiger partial charge in [0.05, 0.1) is 6.54 Å². The summed E-state index contributed by atoms with van der Waals surface area (Å²) in [4.78, 5) is 5.46. The van der Waals surface area contributed by atoms with Crippen LogP contribution in [0.2, 0.25) is 0 Å². The van der Waals surface area contributed by atoms with Crippen molar-refractivity contribution in [2.45, 2.75) is 42.4 Å². The Morgan fingerprint density at radius 3 is 2.48 bits per heavy atom. The number of hydrogen-bond acceptors (Lipinski definition) is 4. The van der Waals surface area contributed by atoms with Crippen molar-refractivity contribution < 1.29 is 8.42 Å². The van der Waals surface area contributed by atoms with E-state index in [1.807, 2.05) is 13.0 Å². The van der Waals surface area contributed by atoms with Crippen molar-refractivity contribution in [2.75, 3.05) is 13.1 Å². The number of nitrogens with two attached hydrogens (primary N) is 1. The van der Waals surface area contributed by atoms with Crippen molar-refractivity contribution in [1.82, 2.24) is 10.6 Å². The van der Waals surface area contributed by atoms with Crippen LogP contribution in [0.1, 0.15) is 36.6 Å². The number of sulfonamides is 1. The Hall–Kier alpha value is -1.90. The molecule has 0 spiro atoms. The van der Waals surface area contributed by atoms with Crippen molar-refractivity contribution in [3.05, 3.63) is 52.9 Å². The molecule has 1 aliphatic carbocycles. The van der Waals surface area contributed by atoms with E-state index in [0.717, 1.165) is 35.3 Å². The summed E-state index contributed by atoms with van der Waals surface area (Å²) in [7, 11) is -3.65. The van der Waals surface area contributed by atoms with Gasteiger partial charge in [0.2, 0.25) is 10.0 Å². The maximum Gasteiger partial charge on any atom is 0.247 e. The normalized spacial score (nSPS) is 16.6. The lowest BCUT2D eigenvalue weighted by Crippen LogP contribution is -2.48. The average molecular weight is 407 g/mol. The maximum atomic E-state index is 11.4. The first-order valence-corrected chi connectivity index (χ1v) is 11.5. The van der Waals surface area contributed by atoms with E-state index in [4.69, 9.17) is 5.14 Å². The molecule has 1 aliphatic rings. The summed E-state index contributed by atoms with van der Waals surface area (Å²) in [5.74, 6) is 0.741. The summed E-state index contributed by atoms with van der Waals surface area (Å²) in [5, 5.41) is 11.9. The molecule has 0 radical (unpaired) electrons. The SMILES string of the molecule is CCNC(=NCc1ccc(S(N)(=O)=O)s1)NCC1(c2ccccc2)CCC1. The lowest BCUT2D eigenvalue weighted by molar-refractivity contribution is 0.244. The molecule has 6 nitrogen and oxygen atoms in total. The van der Waals surface area contributed by atoms with Crippen LogP contribution in [0.25, 0.3) is 0 Å². The molecule has 3 rings (SSSR count). The maximum absolute atomic E-state index is 11.4. The molecule has 0 atom stereocenters. The van der Waals surface area contributed by atoms with E-state index >= 15 is 0 Å². The standard InChI is InChI=1S/C19H26N4O2S2/c1-2-21-18(22-13-16-9-10-17(26-16)27(20,24)25)23-14-19(11-6-12-19)15-7-4-3-5-8-15/h3-5,7-10H,2,6,11-14H2,1H3,(H2,20,24,25)(H2,21,22,23). The second-order valence-corrected chi connectivity index (χ2v) is 9.77. The number of aliphatic imine (C=N–C) groups is 1. The molecule has 0 bridgehead atoms. The number of nitrogens with zero attached hydrogens (tertiary/aromatic N) is 1. The molecule has 1 fully saturated rings. The Bertz CT molecular complexity index is 887. The van der Waals surface area contributed by atoms with Crippen LogP contribution in [0, 0.1) is 0 Å². The molecule has 0 aliphatic heterocycles. The number of benzene rings is 1. The van der Waals surface area contributed by atoms with Gasteiger partial charge in [0.1, 0.15) is 4.21 Å². The predicted octanol–water partition coefficient (Wildman–Crippen LogP) is 2.57. The van der Waals surface area contributed by atoms with Crippen molar-refractivity contribution >= 4 is 27.3 Å². The van der Waals surface area contributed by atoms with Crippen LogP contribution in [0.3, 0.4) is 0 Å². The van der Waals surface area contributed by atoms with Crippen molar-refractivity contribution in [1.29, 1.82) is 0 Å². The van der Waals surface area contributed by atoms with Crippen molar-refractivity contribution in [2.24, 2.45) is 10.1 Å². The zero-order chi connectivity index (χ0) is 19.3. The number of thiophene rings is 1. The molecule has 1 saturated carbocycles. The Morgan fingerprint density at radius 2 is 1.93 bits per heavy atom. The van der Waals surface area contributed by atoms with E-state index in [-0.39, 0.29) is 9.62 Å². The van der Waals surface area contributed by atoms with E-state index in [0.29, 0.717) is 6.54 Å². The van der Waals surface area contributed by atoms with Crippen LogP contribution in [0.15, 0.2) is 51.7 Å². The molecule has 0 amide bonds. The van der Waals surface area contributed by atoms with Gasteiger partial charge in [0.15, 0.2) is 5.96 Å². The molecule has 1 aromatic carbocycles. The predicted molar refractivity (Wildman–Crippen MR) is 110 cm³/mol. The topological polar surface area (TPSA) is 96.6 Å². The minimum atomic E-state index is -3.65. The first kappa shape index (κ1) is 19.9. The van der Waals surface area contributed by atoms with Crippen LogP contribution < -0.4 is 15.8 Å². The van der Waals surface area contributed by atoms with E-state index in [9.17, 15) is 8.42 Å². The highest BCUT2D eigenvalue weighted by atomic mass is 32.2. The highest BCUT2D eigenvalue weighted by molar-refractivity contribution is 7.91. The molecule has 8 heteroatoms. The molecule has 1 aromatic heterocycles. The van der Waals surface area contributed by atoms with Crippen LogP contribution in [0.4, 0.5) is 0 Å². The molecule has 27 heavy (non-hydrogen) atoms. The van der Waals surface area contributed by atoms with E-state index in [1.54, 1.807) is 6.07 Å². The summed E-state index contributed by atoms with van der Waals surface area (Å²) in [6, 6.07) is 13.9. The summed E-state index contributed by atoms with van der Waals surface area (Å²) in [6.45, 7) is 4.03. The third kappa shape index (κ3) is 4.88. The third-order valence-corrected chi connectivity index (χ3v) is 7.45. The summed E-state index contributed by atoms with van der Waals surface area (Å²) in [5.41, 5.74) is 1.54. The molecule has 4 N–H and O–H groups in total. The Labute approximate surface area is 165 Å². The molecular formula is C19H26N4O2S2. The highest BCUT2D eigenvalue weighted by Crippen LogP contribution is 2.43. The molecule has 2 aromatic rings. The first-order valence-electron chi connectivity index (χ1n) is 9.12. The monoisotopic (exact) mass is 406 g/mol. The largest absolute Gasteiger partial charge is 0.357 e. The molecule has 0 unspecified atom stereocenters. The van der Waals surface area contributed by atoms with Gasteiger partial charge in [-0.05, 0) is 37.5 Å². The van der Waals surface area contributed by atoms with Gasteiger partial charge in [-0.15, -0.1) is 11.3 Å². The lowest BCUT2D eigenvalue weighted by Gasteiger charge is -2.43. The number of guanidine groups is 1. The molecule has 1 heterocycles. The zero-order valence-corrected chi connectivity index (χ0v) is 17.1. The number of primary sulfonamides is 1. The van der Waals surface area contributed by atoms with Crippen molar-refractivity contribution in [3.63, 3.8) is 0 Å². The molecule has 0 saturated heterocycles. The summed E-state index contributed by atoms with van der Waals surface area (Å²) in [6.07, 6.45) is 3.59. The van der Waals surface area contributed by atoms with Crippen LogP contribution >= 0.6 is 11.3 Å². The van der Waals surface area contributed by atoms with Crippen LogP contribution in [-0.4, -0.2) is 27.5 Å². The van der Waals surface area contributed by atoms with Gasteiger partial charge in [0, 0.05) is 23.4 Å².